The SMILES string of the molecule is N#C/C=C/CS(=O)(=O)c1ccccc1. The van der Waals surface area contributed by atoms with Crippen molar-refractivity contribution in [3.8, 4) is 6.07 Å². The molecule has 1 rings (SSSR count). The molecule has 0 aliphatic heterocycles. The number of benzene rings is 1. The van der Waals surface area contributed by atoms with Crippen molar-refractivity contribution in [1.29, 1.82) is 5.26 Å². The molecule has 1 aromatic rings. The van der Waals surface area contributed by atoms with E-state index in [9.17, 15) is 8.42 Å². The molecule has 0 aliphatic carbocycles. The Bertz CT molecular complexity index is 455. The number of rotatable bonds is 3. The van der Waals surface area contributed by atoms with E-state index in [1.54, 1.807) is 24.3 Å². The van der Waals surface area contributed by atoms with E-state index >= 15 is 0 Å². The third-order valence-electron chi connectivity index (χ3n) is 1.61. The molecule has 0 unspecified atom stereocenters. The number of hydrogen-bond acceptors (Lipinski definition) is 3. The summed E-state index contributed by atoms with van der Waals surface area (Å²) in [4.78, 5) is 0.280. The van der Waals surface area contributed by atoms with Gasteiger partial charge < -0.3 is 0 Å². The zero-order chi connectivity index (χ0) is 10.4. The van der Waals surface area contributed by atoms with Crippen LogP contribution in [0.4, 0.5) is 0 Å². The van der Waals surface area contributed by atoms with Crippen molar-refractivity contribution >= 4 is 9.84 Å². The predicted molar refractivity (Wildman–Crippen MR) is 53.2 cm³/mol. The predicted octanol–water partition coefficient (Wildman–Crippen LogP) is 1.54. The van der Waals surface area contributed by atoms with Gasteiger partial charge in [0, 0.05) is 6.08 Å². The Morgan fingerprint density at radius 1 is 1.29 bits per heavy atom. The number of allylic oxidation sites excluding steroid dienone is 1. The van der Waals surface area contributed by atoms with Crippen LogP contribution in [0.3, 0.4) is 0 Å². The standard InChI is InChI=1S/C10H9NO2S/c11-8-4-5-9-14(12,13)10-6-2-1-3-7-10/h1-7H,9H2/b5-4+. The molecule has 0 aromatic heterocycles. The van der Waals surface area contributed by atoms with Gasteiger partial charge >= 0.3 is 0 Å². The number of sulfone groups is 1. The highest BCUT2D eigenvalue weighted by atomic mass is 32.2. The lowest BCUT2D eigenvalue weighted by Crippen LogP contribution is -2.03. The number of hydrogen-bond donors (Lipinski definition) is 0. The Morgan fingerprint density at radius 3 is 2.50 bits per heavy atom. The highest BCUT2D eigenvalue weighted by Crippen LogP contribution is 2.09. The third kappa shape index (κ3) is 2.71. The fourth-order valence-corrected chi connectivity index (χ4v) is 2.07. The van der Waals surface area contributed by atoms with Crippen LogP contribution in [0, 0.1) is 11.3 Å². The van der Waals surface area contributed by atoms with Crippen LogP contribution in [0.2, 0.25) is 0 Å². The average molecular weight is 207 g/mol. The second-order valence-corrected chi connectivity index (χ2v) is 4.66. The van der Waals surface area contributed by atoms with Crippen LogP contribution in [-0.2, 0) is 9.84 Å². The van der Waals surface area contributed by atoms with Crippen molar-refractivity contribution in [2.24, 2.45) is 0 Å². The third-order valence-corrected chi connectivity index (χ3v) is 3.23. The highest BCUT2D eigenvalue weighted by Gasteiger charge is 2.10. The van der Waals surface area contributed by atoms with E-state index in [0.717, 1.165) is 0 Å². The van der Waals surface area contributed by atoms with Gasteiger partial charge in [0.05, 0.1) is 16.7 Å². The van der Waals surface area contributed by atoms with Crippen LogP contribution in [0.1, 0.15) is 0 Å². The largest absolute Gasteiger partial charge is 0.223 e. The van der Waals surface area contributed by atoms with Gasteiger partial charge in [0.1, 0.15) is 0 Å². The average Bonchev–Trinajstić information content (AvgIpc) is 2.19. The van der Waals surface area contributed by atoms with Crippen molar-refractivity contribution in [3.05, 3.63) is 42.5 Å². The van der Waals surface area contributed by atoms with E-state index in [-0.39, 0.29) is 10.6 Å². The summed E-state index contributed by atoms with van der Waals surface area (Å²) >= 11 is 0. The van der Waals surface area contributed by atoms with Crippen molar-refractivity contribution in [1.82, 2.24) is 0 Å². The van der Waals surface area contributed by atoms with Crippen LogP contribution < -0.4 is 0 Å². The van der Waals surface area contributed by atoms with Gasteiger partial charge in [-0.3, -0.25) is 0 Å². The zero-order valence-electron chi connectivity index (χ0n) is 7.42. The van der Waals surface area contributed by atoms with Gasteiger partial charge in [0.25, 0.3) is 0 Å². The first-order valence-corrected chi connectivity index (χ1v) is 5.64. The molecule has 0 heterocycles. The Morgan fingerprint density at radius 2 is 1.93 bits per heavy atom. The summed E-state index contributed by atoms with van der Waals surface area (Å²) in [5.41, 5.74) is 0. The van der Waals surface area contributed by atoms with Gasteiger partial charge in [-0.05, 0) is 12.1 Å². The van der Waals surface area contributed by atoms with Gasteiger partial charge in [0.2, 0.25) is 0 Å². The summed E-state index contributed by atoms with van der Waals surface area (Å²) < 4.78 is 23.1. The molecule has 0 N–H and O–H groups in total. The van der Waals surface area contributed by atoms with E-state index in [1.165, 1.54) is 24.3 Å². The molecule has 14 heavy (non-hydrogen) atoms. The lowest BCUT2D eigenvalue weighted by molar-refractivity contribution is 0.599. The summed E-state index contributed by atoms with van der Waals surface area (Å²) in [6.07, 6.45) is 2.50. The maximum absolute atomic E-state index is 11.5. The Hall–Kier alpha value is -1.60. The maximum Gasteiger partial charge on any atom is 0.181 e. The maximum atomic E-state index is 11.5. The highest BCUT2D eigenvalue weighted by molar-refractivity contribution is 7.91. The first-order chi connectivity index (χ1) is 6.67. The van der Waals surface area contributed by atoms with Crippen LogP contribution in [-0.4, -0.2) is 14.2 Å². The van der Waals surface area contributed by atoms with E-state index in [2.05, 4.69) is 0 Å². The minimum atomic E-state index is -3.27. The molecular weight excluding hydrogens is 198 g/mol. The molecule has 3 nitrogen and oxygen atoms in total. The number of nitrogens with zero attached hydrogens (tertiary/aromatic N) is 1. The lowest BCUT2D eigenvalue weighted by Gasteiger charge is -1.99. The minimum absolute atomic E-state index is 0.134. The monoisotopic (exact) mass is 207 g/mol. The van der Waals surface area contributed by atoms with Gasteiger partial charge in [-0.15, -0.1) is 0 Å². The first kappa shape index (κ1) is 10.5. The van der Waals surface area contributed by atoms with Gasteiger partial charge in [-0.2, -0.15) is 5.26 Å². The topological polar surface area (TPSA) is 57.9 Å². The Labute approximate surface area is 83.2 Å². The van der Waals surface area contributed by atoms with Crippen molar-refractivity contribution in [3.63, 3.8) is 0 Å². The molecule has 0 atom stereocenters. The molecule has 0 spiro atoms. The Balaban J connectivity index is 2.89. The minimum Gasteiger partial charge on any atom is -0.223 e. The summed E-state index contributed by atoms with van der Waals surface area (Å²) in [5.74, 6) is -0.134. The van der Waals surface area contributed by atoms with Gasteiger partial charge in [-0.25, -0.2) is 8.42 Å². The van der Waals surface area contributed by atoms with E-state index in [0.29, 0.717) is 0 Å². The summed E-state index contributed by atoms with van der Waals surface area (Å²) in [6, 6.07) is 9.91. The van der Waals surface area contributed by atoms with Crippen LogP contribution in [0.25, 0.3) is 0 Å². The lowest BCUT2D eigenvalue weighted by atomic mass is 10.4. The first-order valence-electron chi connectivity index (χ1n) is 3.99. The van der Waals surface area contributed by atoms with Crippen LogP contribution in [0.5, 0.6) is 0 Å². The molecule has 0 amide bonds. The molecule has 0 saturated carbocycles. The van der Waals surface area contributed by atoms with Crippen molar-refractivity contribution in [2.75, 3.05) is 5.75 Å². The zero-order valence-corrected chi connectivity index (χ0v) is 8.24. The fourth-order valence-electron chi connectivity index (χ4n) is 0.952. The van der Waals surface area contributed by atoms with Gasteiger partial charge in [-0.1, -0.05) is 24.3 Å². The molecule has 0 saturated heterocycles. The molecule has 1 aromatic carbocycles. The smallest absolute Gasteiger partial charge is 0.181 e. The normalized spacial score (nSPS) is 11.4. The second kappa shape index (κ2) is 4.58. The van der Waals surface area contributed by atoms with E-state index < -0.39 is 9.84 Å². The quantitative estimate of drug-likeness (QED) is 0.706. The molecule has 0 radical (unpaired) electrons. The molecule has 0 fully saturated rings. The van der Waals surface area contributed by atoms with E-state index in [4.69, 9.17) is 5.26 Å². The van der Waals surface area contributed by atoms with Crippen molar-refractivity contribution < 1.29 is 8.42 Å². The molecule has 72 valence electrons. The molecular formula is C10H9NO2S. The summed E-state index contributed by atoms with van der Waals surface area (Å²) in [7, 11) is -3.27. The molecule has 0 bridgehead atoms. The van der Waals surface area contributed by atoms with Gasteiger partial charge in [0.15, 0.2) is 9.84 Å². The molecule has 4 heteroatoms. The van der Waals surface area contributed by atoms with Crippen molar-refractivity contribution in [2.45, 2.75) is 4.90 Å². The van der Waals surface area contributed by atoms with Crippen LogP contribution >= 0.6 is 0 Å². The number of nitriles is 1. The summed E-state index contributed by atoms with van der Waals surface area (Å²) in [6.45, 7) is 0. The Kier molecular flexibility index (Phi) is 3.43. The van der Waals surface area contributed by atoms with E-state index in [1.807, 2.05) is 0 Å². The molecule has 0 aliphatic rings. The fraction of sp³-hybridized carbons (Fsp3) is 0.100. The second-order valence-electron chi connectivity index (χ2n) is 2.63. The summed E-state index contributed by atoms with van der Waals surface area (Å²) in [5, 5.41) is 8.20. The van der Waals surface area contributed by atoms with Crippen LogP contribution in [0.15, 0.2) is 47.4 Å².